The van der Waals surface area contributed by atoms with Gasteiger partial charge in [-0.1, -0.05) is 6.07 Å². The molecule has 0 saturated carbocycles. The molecular weight excluding hydrogens is 228 g/mol. The van der Waals surface area contributed by atoms with Crippen molar-refractivity contribution < 1.29 is 4.74 Å². The quantitative estimate of drug-likeness (QED) is 0.820. The monoisotopic (exact) mass is 244 g/mol. The van der Waals surface area contributed by atoms with Crippen molar-refractivity contribution in [3.63, 3.8) is 0 Å². The van der Waals surface area contributed by atoms with Crippen LogP contribution in [0.4, 0.5) is 11.5 Å². The zero-order valence-electron chi connectivity index (χ0n) is 10.4. The predicted octanol–water partition coefficient (Wildman–Crippen LogP) is 1.36. The molecule has 0 amide bonds. The lowest BCUT2D eigenvalue weighted by atomic mass is 10.1. The number of benzene rings is 1. The number of nitrogens with two attached hydrogens (primary N) is 1. The van der Waals surface area contributed by atoms with E-state index in [9.17, 15) is 0 Å². The van der Waals surface area contributed by atoms with Crippen molar-refractivity contribution >= 4 is 22.3 Å². The number of fused-ring (bicyclic) bond motifs is 1. The minimum absolute atomic E-state index is 0.491. The second kappa shape index (κ2) is 4.42. The molecular formula is C13H16N4O. The SMILES string of the molecule is Cc1nnc(N)c2cc(N3CCOCC3)ccc12. The van der Waals surface area contributed by atoms with Crippen LogP contribution >= 0.6 is 0 Å². The Morgan fingerprint density at radius 3 is 2.72 bits per heavy atom. The van der Waals surface area contributed by atoms with Crippen molar-refractivity contribution in [3.8, 4) is 0 Å². The molecule has 1 aliphatic rings. The highest BCUT2D eigenvalue weighted by Crippen LogP contribution is 2.26. The number of anilines is 2. The van der Waals surface area contributed by atoms with Crippen molar-refractivity contribution in [3.05, 3.63) is 23.9 Å². The van der Waals surface area contributed by atoms with Gasteiger partial charge in [-0.15, -0.1) is 5.10 Å². The van der Waals surface area contributed by atoms with Gasteiger partial charge >= 0.3 is 0 Å². The van der Waals surface area contributed by atoms with Crippen LogP contribution in [0.25, 0.3) is 10.8 Å². The summed E-state index contributed by atoms with van der Waals surface area (Å²) in [5.74, 6) is 0.491. The molecule has 1 aromatic heterocycles. The summed E-state index contributed by atoms with van der Waals surface area (Å²) in [6.07, 6.45) is 0. The van der Waals surface area contributed by atoms with Crippen molar-refractivity contribution in [1.82, 2.24) is 10.2 Å². The van der Waals surface area contributed by atoms with Crippen LogP contribution < -0.4 is 10.6 Å². The first-order valence-corrected chi connectivity index (χ1v) is 6.11. The van der Waals surface area contributed by atoms with E-state index in [-0.39, 0.29) is 0 Å². The minimum atomic E-state index is 0.491. The molecule has 2 N–H and O–H groups in total. The van der Waals surface area contributed by atoms with Gasteiger partial charge < -0.3 is 15.4 Å². The van der Waals surface area contributed by atoms with Crippen molar-refractivity contribution in [2.45, 2.75) is 6.92 Å². The second-order valence-corrected chi connectivity index (χ2v) is 4.50. The summed E-state index contributed by atoms with van der Waals surface area (Å²) in [6, 6.07) is 6.28. The molecule has 1 saturated heterocycles. The molecule has 94 valence electrons. The van der Waals surface area contributed by atoms with Gasteiger partial charge in [0.25, 0.3) is 0 Å². The first-order valence-electron chi connectivity index (χ1n) is 6.11. The van der Waals surface area contributed by atoms with Gasteiger partial charge in [-0.3, -0.25) is 0 Å². The minimum Gasteiger partial charge on any atom is -0.382 e. The van der Waals surface area contributed by atoms with Crippen LogP contribution in [0.15, 0.2) is 18.2 Å². The van der Waals surface area contributed by atoms with Crippen LogP contribution in [0.1, 0.15) is 5.69 Å². The number of ether oxygens (including phenoxy) is 1. The third kappa shape index (κ3) is 1.86. The standard InChI is InChI=1S/C13H16N4O/c1-9-11-3-2-10(17-4-6-18-7-5-17)8-12(11)13(14)16-15-9/h2-3,8H,4-7H2,1H3,(H2,14,16). The Balaban J connectivity index is 2.07. The highest BCUT2D eigenvalue weighted by atomic mass is 16.5. The number of aromatic nitrogens is 2. The molecule has 1 aliphatic heterocycles. The van der Waals surface area contributed by atoms with E-state index in [0.717, 1.165) is 42.8 Å². The molecule has 3 rings (SSSR count). The number of morpholine rings is 1. The molecule has 0 radical (unpaired) electrons. The smallest absolute Gasteiger partial charge is 0.154 e. The van der Waals surface area contributed by atoms with Gasteiger partial charge in [0.15, 0.2) is 5.82 Å². The van der Waals surface area contributed by atoms with Crippen LogP contribution in [-0.4, -0.2) is 36.5 Å². The number of aryl methyl sites for hydroxylation is 1. The molecule has 0 atom stereocenters. The molecule has 1 fully saturated rings. The Labute approximate surface area is 106 Å². The first kappa shape index (κ1) is 11.2. The summed E-state index contributed by atoms with van der Waals surface area (Å²) >= 11 is 0. The molecule has 5 heteroatoms. The van der Waals surface area contributed by atoms with Crippen molar-refractivity contribution in [1.29, 1.82) is 0 Å². The van der Waals surface area contributed by atoms with Gasteiger partial charge in [0.1, 0.15) is 0 Å². The number of nitrogens with zero attached hydrogens (tertiary/aromatic N) is 3. The van der Waals surface area contributed by atoms with Gasteiger partial charge in [0.05, 0.1) is 18.9 Å². The second-order valence-electron chi connectivity index (χ2n) is 4.50. The van der Waals surface area contributed by atoms with Gasteiger partial charge in [-0.2, -0.15) is 5.10 Å². The maximum absolute atomic E-state index is 5.91. The fraction of sp³-hybridized carbons (Fsp3) is 0.385. The van der Waals surface area contributed by atoms with E-state index < -0.39 is 0 Å². The Bertz CT molecular complexity index is 578. The fourth-order valence-corrected chi connectivity index (χ4v) is 2.31. The van der Waals surface area contributed by atoms with E-state index in [0.29, 0.717) is 5.82 Å². The summed E-state index contributed by atoms with van der Waals surface area (Å²) in [6.45, 7) is 5.34. The maximum Gasteiger partial charge on any atom is 0.154 e. The molecule has 0 bridgehead atoms. The molecule has 0 unspecified atom stereocenters. The average molecular weight is 244 g/mol. The van der Waals surface area contributed by atoms with Crippen LogP contribution in [0, 0.1) is 6.92 Å². The first-order chi connectivity index (χ1) is 8.75. The zero-order valence-corrected chi connectivity index (χ0v) is 10.4. The highest BCUT2D eigenvalue weighted by Gasteiger charge is 2.13. The van der Waals surface area contributed by atoms with Gasteiger partial charge in [-0.05, 0) is 19.1 Å². The number of hydrogen-bond donors (Lipinski definition) is 1. The number of nitrogen functional groups attached to an aromatic ring is 1. The zero-order chi connectivity index (χ0) is 12.5. The van der Waals surface area contributed by atoms with Crippen molar-refractivity contribution in [2.24, 2.45) is 0 Å². The van der Waals surface area contributed by atoms with E-state index in [1.165, 1.54) is 5.69 Å². The van der Waals surface area contributed by atoms with Gasteiger partial charge in [0.2, 0.25) is 0 Å². The van der Waals surface area contributed by atoms with Gasteiger partial charge in [-0.25, -0.2) is 0 Å². The molecule has 5 nitrogen and oxygen atoms in total. The van der Waals surface area contributed by atoms with Crippen LogP contribution in [-0.2, 0) is 4.74 Å². The summed E-state index contributed by atoms with van der Waals surface area (Å²) in [5.41, 5.74) is 7.99. The summed E-state index contributed by atoms with van der Waals surface area (Å²) < 4.78 is 5.36. The Morgan fingerprint density at radius 2 is 1.94 bits per heavy atom. The largest absolute Gasteiger partial charge is 0.382 e. The van der Waals surface area contributed by atoms with Gasteiger partial charge in [0, 0.05) is 29.5 Å². The third-order valence-corrected chi connectivity index (χ3v) is 3.35. The number of hydrogen-bond acceptors (Lipinski definition) is 5. The molecule has 2 aromatic rings. The lowest BCUT2D eigenvalue weighted by molar-refractivity contribution is 0.122. The Hall–Kier alpha value is -1.88. The molecule has 18 heavy (non-hydrogen) atoms. The fourth-order valence-electron chi connectivity index (χ4n) is 2.31. The molecule has 2 heterocycles. The maximum atomic E-state index is 5.91. The number of rotatable bonds is 1. The summed E-state index contributed by atoms with van der Waals surface area (Å²) in [4.78, 5) is 2.30. The van der Waals surface area contributed by atoms with Crippen molar-refractivity contribution in [2.75, 3.05) is 36.9 Å². The summed E-state index contributed by atoms with van der Waals surface area (Å²) in [7, 11) is 0. The normalized spacial score (nSPS) is 16.2. The Morgan fingerprint density at radius 1 is 1.17 bits per heavy atom. The topological polar surface area (TPSA) is 64.3 Å². The van der Waals surface area contributed by atoms with Crippen LogP contribution in [0.2, 0.25) is 0 Å². The lowest BCUT2D eigenvalue weighted by Crippen LogP contribution is -2.36. The van der Waals surface area contributed by atoms with Crippen LogP contribution in [0.3, 0.4) is 0 Å². The molecule has 0 aliphatic carbocycles. The van der Waals surface area contributed by atoms with E-state index in [2.05, 4.69) is 33.3 Å². The van der Waals surface area contributed by atoms with Crippen LogP contribution in [0.5, 0.6) is 0 Å². The molecule has 0 spiro atoms. The summed E-state index contributed by atoms with van der Waals surface area (Å²) in [5, 5.41) is 10.1. The van der Waals surface area contributed by atoms with E-state index in [4.69, 9.17) is 10.5 Å². The predicted molar refractivity (Wildman–Crippen MR) is 71.7 cm³/mol. The third-order valence-electron chi connectivity index (χ3n) is 3.35. The van der Waals surface area contributed by atoms with E-state index in [1.807, 2.05) is 6.92 Å². The molecule has 1 aromatic carbocycles. The van der Waals surface area contributed by atoms with E-state index in [1.54, 1.807) is 0 Å². The lowest BCUT2D eigenvalue weighted by Gasteiger charge is -2.29. The Kier molecular flexibility index (Phi) is 2.76. The van der Waals surface area contributed by atoms with E-state index >= 15 is 0 Å². The highest BCUT2D eigenvalue weighted by molar-refractivity contribution is 5.94. The average Bonchev–Trinajstić information content (AvgIpc) is 2.44.